The van der Waals surface area contributed by atoms with Crippen LogP contribution < -0.4 is 5.73 Å². The summed E-state index contributed by atoms with van der Waals surface area (Å²) in [5.41, 5.74) is 5.71. The highest BCUT2D eigenvalue weighted by atomic mass is 35.5. The van der Waals surface area contributed by atoms with Gasteiger partial charge in [-0.05, 0) is 32.0 Å². The molecule has 4 nitrogen and oxygen atoms in total. The Labute approximate surface area is 116 Å². The van der Waals surface area contributed by atoms with Crippen molar-refractivity contribution < 1.29 is 9.90 Å². The van der Waals surface area contributed by atoms with Crippen molar-refractivity contribution in [1.29, 1.82) is 0 Å². The smallest absolute Gasteiger partial charge is 0.256 e. The zero-order valence-corrected chi connectivity index (χ0v) is 11.8. The van der Waals surface area contributed by atoms with E-state index in [4.69, 9.17) is 29.6 Å². The number of nitrogens with zero attached hydrogens (tertiary/aromatic N) is 1. The highest BCUT2D eigenvalue weighted by Crippen LogP contribution is 2.23. The molecule has 0 aromatic heterocycles. The van der Waals surface area contributed by atoms with Gasteiger partial charge in [-0.3, -0.25) is 4.79 Å². The fourth-order valence-corrected chi connectivity index (χ4v) is 1.83. The van der Waals surface area contributed by atoms with Crippen LogP contribution in [-0.2, 0) is 0 Å². The molecule has 98 valence electrons. The molecule has 0 aliphatic heterocycles. The lowest BCUT2D eigenvalue weighted by molar-refractivity contribution is 0.0736. The summed E-state index contributed by atoms with van der Waals surface area (Å²) in [5.74, 6) is -0.319. The van der Waals surface area contributed by atoms with Crippen LogP contribution in [0, 0.1) is 0 Å². The molecule has 0 aliphatic rings. The summed E-state index contributed by atoms with van der Waals surface area (Å²) in [5, 5.41) is 9.69. The van der Waals surface area contributed by atoms with Crippen LogP contribution >= 0.6 is 23.8 Å². The number of carbonyl (C=O) groups excluding carboxylic acids is 1. The average molecular weight is 287 g/mol. The van der Waals surface area contributed by atoms with Crippen molar-refractivity contribution in [3.05, 3.63) is 28.8 Å². The number of rotatable bonds is 4. The standard InChI is InChI=1S/C12H15ClN2O2S/c1-7(2)15(6-11(14)18)12(17)9-5-8(16)3-4-10(9)13/h3-5,7,16H,6H2,1-2H3,(H2,14,18). The number of amides is 1. The van der Waals surface area contributed by atoms with Crippen molar-refractivity contribution in [1.82, 2.24) is 4.90 Å². The van der Waals surface area contributed by atoms with Crippen LogP contribution in [0.25, 0.3) is 0 Å². The molecule has 0 atom stereocenters. The van der Waals surface area contributed by atoms with Gasteiger partial charge in [0.05, 0.1) is 22.1 Å². The van der Waals surface area contributed by atoms with E-state index >= 15 is 0 Å². The lowest BCUT2D eigenvalue weighted by atomic mass is 10.1. The Hall–Kier alpha value is -1.33. The van der Waals surface area contributed by atoms with Crippen LogP contribution in [0.3, 0.4) is 0 Å². The normalized spacial score (nSPS) is 10.4. The second kappa shape index (κ2) is 6.02. The summed E-state index contributed by atoms with van der Waals surface area (Å²) in [7, 11) is 0. The van der Waals surface area contributed by atoms with Crippen molar-refractivity contribution in [2.45, 2.75) is 19.9 Å². The van der Waals surface area contributed by atoms with Gasteiger partial charge in [-0.2, -0.15) is 0 Å². The Balaban J connectivity index is 3.09. The molecule has 0 spiro atoms. The van der Waals surface area contributed by atoms with Crippen LogP contribution in [0.4, 0.5) is 0 Å². The topological polar surface area (TPSA) is 66.6 Å². The van der Waals surface area contributed by atoms with Gasteiger partial charge >= 0.3 is 0 Å². The van der Waals surface area contributed by atoms with Gasteiger partial charge in [-0.25, -0.2) is 0 Å². The van der Waals surface area contributed by atoms with E-state index in [0.717, 1.165) is 0 Å². The predicted molar refractivity (Wildman–Crippen MR) is 76.1 cm³/mol. The number of phenols is 1. The zero-order valence-electron chi connectivity index (χ0n) is 10.2. The molecule has 0 unspecified atom stereocenters. The Morgan fingerprint density at radius 3 is 2.67 bits per heavy atom. The predicted octanol–water partition coefficient (Wildman–Crippen LogP) is 2.18. The van der Waals surface area contributed by atoms with Gasteiger partial charge in [0.15, 0.2) is 0 Å². The van der Waals surface area contributed by atoms with Gasteiger partial charge in [-0.1, -0.05) is 23.8 Å². The molecular formula is C12H15ClN2O2S. The summed E-state index contributed by atoms with van der Waals surface area (Å²) < 4.78 is 0. The van der Waals surface area contributed by atoms with Crippen molar-refractivity contribution in [3.63, 3.8) is 0 Å². The van der Waals surface area contributed by atoms with E-state index < -0.39 is 0 Å². The number of carbonyl (C=O) groups is 1. The maximum absolute atomic E-state index is 12.3. The minimum Gasteiger partial charge on any atom is -0.508 e. The van der Waals surface area contributed by atoms with Gasteiger partial charge in [-0.15, -0.1) is 0 Å². The van der Waals surface area contributed by atoms with E-state index in [-0.39, 0.29) is 39.8 Å². The number of hydrogen-bond donors (Lipinski definition) is 2. The minimum absolute atomic E-state index is 0.0122. The van der Waals surface area contributed by atoms with Gasteiger partial charge < -0.3 is 15.7 Å². The molecule has 0 saturated heterocycles. The Bertz CT molecular complexity index is 477. The highest BCUT2D eigenvalue weighted by molar-refractivity contribution is 7.80. The molecule has 3 N–H and O–H groups in total. The zero-order chi connectivity index (χ0) is 13.9. The summed E-state index contributed by atoms with van der Waals surface area (Å²) in [6, 6.07) is 4.16. The number of halogens is 1. The van der Waals surface area contributed by atoms with Crippen LogP contribution in [-0.4, -0.2) is 33.5 Å². The second-order valence-corrected chi connectivity index (χ2v) is 5.09. The van der Waals surface area contributed by atoms with Crippen LogP contribution in [0.5, 0.6) is 5.75 Å². The maximum Gasteiger partial charge on any atom is 0.256 e. The van der Waals surface area contributed by atoms with Gasteiger partial charge in [0.25, 0.3) is 5.91 Å². The minimum atomic E-state index is -0.307. The Kier molecular flexibility index (Phi) is 4.93. The van der Waals surface area contributed by atoms with Crippen molar-refractivity contribution in [2.24, 2.45) is 5.73 Å². The number of thiocarbonyl (C=S) groups is 1. The van der Waals surface area contributed by atoms with E-state index in [1.54, 1.807) is 0 Å². The largest absolute Gasteiger partial charge is 0.508 e. The first-order chi connectivity index (χ1) is 8.32. The summed E-state index contributed by atoms with van der Waals surface area (Å²) in [4.78, 5) is 14.0. The van der Waals surface area contributed by atoms with E-state index in [9.17, 15) is 9.90 Å². The number of phenolic OH excluding ortho intramolecular Hbond substituents is 1. The number of nitrogens with two attached hydrogens (primary N) is 1. The fraction of sp³-hybridized carbons (Fsp3) is 0.333. The van der Waals surface area contributed by atoms with Crippen LogP contribution in [0.1, 0.15) is 24.2 Å². The molecular weight excluding hydrogens is 272 g/mol. The van der Waals surface area contributed by atoms with E-state index in [0.29, 0.717) is 0 Å². The Morgan fingerprint density at radius 2 is 2.17 bits per heavy atom. The Morgan fingerprint density at radius 1 is 1.56 bits per heavy atom. The molecule has 0 aliphatic carbocycles. The number of benzene rings is 1. The third kappa shape index (κ3) is 3.58. The maximum atomic E-state index is 12.3. The molecule has 18 heavy (non-hydrogen) atoms. The van der Waals surface area contributed by atoms with Crippen LogP contribution in [0.15, 0.2) is 18.2 Å². The molecule has 0 radical (unpaired) electrons. The first kappa shape index (κ1) is 14.7. The molecule has 6 heteroatoms. The third-order valence-electron chi connectivity index (χ3n) is 2.39. The molecule has 1 rings (SSSR count). The average Bonchev–Trinajstić information content (AvgIpc) is 2.27. The summed E-state index contributed by atoms with van der Waals surface area (Å²) in [6.45, 7) is 3.89. The van der Waals surface area contributed by atoms with Gasteiger partial charge in [0.2, 0.25) is 0 Å². The highest BCUT2D eigenvalue weighted by Gasteiger charge is 2.21. The SMILES string of the molecule is CC(C)N(CC(N)=S)C(=O)c1cc(O)ccc1Cl. The van der Waals surface area contributed by atoms with Crippen molar-refractivity contribution in [2.75, 3.05) is 6.54 Å². The molecule has 0 bridgehead atoms. The van der Waals surface area contributed by atoms with Gasteiger partial charge in [0.1, 0.15) is 5.75 Å². The first-order valence-electron chi connectivity index (χ1n) is 5.40. The number of aromatic hydroxyl groups is 1. The lowest BCUT2D eigenvalue weighted by Gasteiger charge is -2.26. The molecule has 0 fully saturated rings. The second-order valence-electron chi connectivity index (χ2n) is 4.16. The van der Waals surface area contributed by atoms with E-state index in [1.807, 2.05) is 13.8 Å². The molecule has 1 aromatic carbocycles. The fourth-order valence-electron chi connectivity index (χ4n) is 1.49. The third-order valence-corrected chi connectivity index (χ3v) is 2.85. The monoisotopic (exact) mass is 286 g/mol. The quantitative estimate of drug-likeness (QED) is 0.833. The van der Waals surface area contributed by atoms with Crippen molar-refractivity contribution >= 4 is 34.7 Å². The molecule has 0 saturated carbocycles. The molecule has 1 amide bonds. The van der Waals surface area contributed by atoms with E-state index in [1.165, 1.54) is 23.1 Å². The number of hydrogen-bond acceptors (Lipinski definition) is 3. The molecule has 1 aromatic rings. The van der Waals surface area contributed by atoms with E-state index in [2.05, 4.69) is 0 Å². The van der Waals surface area contributed by atoms with Gasteiger partial charge in [0, 0.05) is 6.04 Å². The first-order valence-corrected chi connectivity index (χ1v) is 6.19. The summed E-state index contributed by atoms with van der Waals surface area (Å²) in [6.07, 6.45) is 0. The van der Waals surface area contributed by atoms with Crippen LogP contribution in [0.2, 0.25) is 5.02 Å². The summed E-state index contributed by atoms with van der Waals surface area (Å²) >= 11 is 10.8. The lowest BCUT2D eigenvalue weighted by Crippen LogP contribution is -2.42. The van der Waals surface area contributed by atoms with Crippen molar-refractivity contribution in [3.8, 4) is 5.75 Å². The molecule has 0 heterocycles.